The van der Waals surface area contributed by atoms with E-state index in [-0.39, 0.29) is 5.91 Å². The van der Waals surface area contributed by atoms with Gasteiger partial charge in [0.05, 0.1) is 11.0 Å². The molecule has 2 aromatic carbocycles. The lowest BCUT2D eigenvalue weighted by Crippen LogP contribution is -2.22. The summed E-state index contributed by atoms with van der Waals surface area (Å²) < 4.78 is 0. The van der Waals surface area contributed by atoms with Gasteiger partial charge in [0, 0.05) is 26.1 Å². The topological polar surface area (TPSA) is 49.0 Å². The van der Waals surface area contributed by atoms with Crippen LogP contribution in [0.15, 0.2) is 48.5 Å². The number of rotatable bonds is 3. The zero-order valence-electron chi connectivity index (χ0n) is 12.1. The van der Waals surface area contributed by atoms with Crippen LogP contribution in [0.4, 0.5) is 0 Å². The first-order chi connectivity index (χ1) is 10.1. The van der Waals surface area contributed by atoms with Crippen molar-refractivity contribution in [3.63, 3.8) is 0 Å². The molecule has 1 N–H and O–H groups in total. The number of nitrogens with one attached hydrogen (secondary N) is 1. The van der Waals surface area contributed by atoms with Crippen LogP contribution in [0.5, 0.6) is 0 Å². The Hall–Kier alpha value is -2.62. The highest BCUT2D eigenvalue weighted by molar-refractivity contribution is 5.79. The minimum atomic E-state index is 0.0661. The Morgan fingerprint density at radius 2 is 1.86 bits per heavy atom. The number of carbonyl (C=O) groups is 1. The predicted octanol–water partition coefficient (Wildman–Crippen LogP) is 3.21. The third kappa shape index (κ3) is 2.79. The van der Waals surface area contributed by atoms with Crippen molar-refractivity contribution >= 4 is 16.9 Å². The lowest BCUT2D eigenvalue weighted by atomic mass is 10.1. The maximum Gasteiger partial charge on any atom is 0.219 e. The van der Waals surface area contributed by atoms with Crippen molar-refractivity contribution in [2.75, 3.05) is 7.05 Å². The minimum absolute atomic E-state index is 0.0661. The van der Waals surface area contributed by atoms with Gasteiger partial charge < -0.3 is 9.88 Å². The van der Waals surface area contributed by atoms with Gasteiger partial charge in [-0.05, 0) is 17.7 Å². The molecule has 0 unspecified atom stereocenters. The molecule has 0 spiro atoms. The number of para-hydroxylation sites is 2. The molecule has 1 aromatic heterocycles. The first-order valence-electron chi connectivity index (χ1n) is 6.89. The fraction of sp³-hybridized carbons (Fsp3) is 0.176. The number of H-pyrrole nitrogens is 1. The molecule has 0 saturated carbocycles. The predicted molar refractivity (Wildman–Crippen MR) is 83.7 cm³/mol. The molecule has 0 atom stereocenters. The molecule has 4 nitrogen and oxygen atoms in total. The number of benzene rings is 2. The van der Waals surface area contributed by atoms with Crippen LogP contribution in [0.1, 0.15) is 12.5 Å². The van der Waals surface area contributed by atoms with Crippen molar-refractivity contribution in [1.29, 1.82) is 0 Å². The van der Waals surface area contributed by atoms with Crippen LogP contribution in [0.2, 0.25) is 0 Å². The molecule has 0 aliphatic carbocycles. The summed E-state index contributed by atoms with van der Waals surface area (Å²) >= 11 is 0. The summed E-state index contributed by atoms with van der Waals surface area (Å²) in [5.74, 6) is 0.930. The number of amides is 1. The molecule has 1 amide bonds. The second kappa shape index (κ2) is 5.40. The van der Waals surface area contributed by atoms with E-state index in [4.69, 9.17) is 0 Å². The number of imidazole rings is 1. The van der Waals surface area contributed by atoms with Crippen molar-refractivity contribution in [2.45, 2.75) is 13.5 Å². The van der Waals surface area contributed by atoms with E-state index in [0.717, 1.165) is 28.0 Å². The average Bonchev–Trinajstić information content (AvgIpc) is 2.91. The van der Waals surface area contributed by atoms with E-state index < -0.39 is 0 Å². The highest BCUT2D eigenvalue weighted by Crippen LogP contribution is 2.21. The molecular weight excluding hydrogens is 262 g/mol. The van der Waals surface area contributed by atoms with E-state index in [1.165, 1.54) is 0 Å². The SMILES string of the molecule is CC(=O)N(C)Cc1ccc(-c2nc3ccccc3[nH]2)cc1. The van der Waals surface area contributed by atoms with Gasteiger partial charge in [-0.1, -0.05) is 36.4 Å². The Bertz CT molecular complexity index is 741. The van der Waals surface area contributed by atoms with Crippen LogP contribution < -0.4 is 0 Å². The maximum absolute atomic E-state index is 11.2. The molecule has 0 bridgehead atoms. The Morgan fingerprint density at radius 3 is 2.52 bits per heavy atom. The molecular formula is C17H17N3O. The maximum atomic E-state index is 11.2. The lowest BCUT2D eigenvalue weighted by molar-refractivity contribution is -0.128. The molecule has 3 rings (SSSR count). The first kappa shape index (κ1) is 13.4. The Balaban J connectivity index is 1.85. The summed E-state index contributed by atoms with van der Waals surface area (Å²) in [5.41, 5.74) is 4.15. The van der Waals surface area contributed by atoms with E-state index in [2.05, 4.69) is 9.97 Å². The number of aromatic nitrogens is 2. The van der Waals surface area contributed by atoms with Gasteiger partial charge in [-0.3, -0.25) is 4.79 Å². The number of aromatic amines is 1. The third-order valence-electron chi connectivity index (χ3n) is 3.57. The molecule has 3 aromatic rings. The summed E-state index contributed by atoms with van der Waals surface area (Å²) in [6, 6.07) is 16.1. The standard InChI is InChI=1S/C17H17N3O/c1-12(21)20(2)11-13-7-9-14(10-8-13)17-18-15-5-3-4-6-16(15)19-17/h3-10H,11H2,1-2H3,(H,18,19). The molecule has 0 aliphatic rings. The van der Waals surface area contributed by atoms with Gasteiger partial charge in [0.1, 0.15) is 5.82 Å². The van der Waals surface area contributed by atoms with E-state index in [1.54, 1.807) is 18.9 Å². The summed E-state index contributed by atoms with van der Waals surface area (Å²) in [6.07, 6.45) is 0. The van der Waals surface area contributed by atoms with Crippen LogP contribution in [0.25, 0.3) is 22.4 Å². The summed E-state index contributed by atoms with van der Waals surface area (Å²) in [6.45, 7) is 2.19. The molecule has 106 valence electrons. The van der Waals surface area contributed by atoms with Gasteiger partial charge in [0.25, 0.3) is 0 Å². The fourth-order valence-electron chi connectivity index (χ4n) is 2.24. The molecule has 0 radical (unpaired) electrons. The molecule has 0 saturated heterocycles. The van der Waals surface area contributed by atoms with Crippen LogP contribution in [0.3, 0.4) is 0 Å². The number of hydrogen-bond donors (Lipinski definition) is 1. The van der Waals surface area contributed by atoms with Gasteiger partial charge in [-0.2, -0.15) is 0 Å². The quantitative estimate of drug-likeness (QED) is 0.800. The van der Waals surface area contributed by atoms with Crippen LogP contribution in [-0.2, 0) is 11.3 Å². The Labute approximate surface area is 123 Å². The monoisotopic (exact) mass is 279 g/mol. The van der Waals surface area contributed by atoms with Crippen LogP contribution >= 0.6 is 0 Å². The number of hydrogen-bond acceptors (Lipinski definition) is 2. The number of carbonyl (C=O) groups excluding carboxylic acids is 1. The van der Waals surface area contributed by atoms with Gasteiger partial charge in [-0.15, -0.1) is 0 Å². The van der Waals surface area contributed by atoms with Crippen LogP contribution in [0, 0.1) is 0 Å². The van der Waals surface area contributed by atoms with E-state index in [9.17, 15) is 4.79 Å². The molecule has 4 heteroatoms. The fourth-order valence-corrected chi connectivity index (χ4v) is 2.24. The van der Waals surface area contributed by atoms with Crippen molar-refractivity contribution in [2.24, 2.45) is 0 Å². The van der Waals surface area contributed by atoms with Crippen molar-refractivity contribution in [3.8, 4) is 11.4 Å². The highest BCUT2D eigenvalue weighted by Gasteiger charge is 2.06. The number of fused-ring (bicyclic) bond motifs is 1. The van der Waals surface area contributed by atoms with Gasteiger partial charge in [-0.25, -0.2) is 4.98 Å². The summed E-state index contributed by atoms with van der Waals surface area (Å²) in [4.78, 5) is 20.8. The molecule has 21 heavy (non-hydrogen) atoms. The normalized spacial score (nSPS) is 10.8. The Morgan fingerprint density at radius 1 is 1.14 bits per heavy atom. The average molecular weight is 279 g/mol. The van der Waals surface area contributed by atoms with E-state index in [0.29, 0.717) is 6.54 Å². The zero-order chi connectivity index (χ0) is 14.8. The van der Waals surface area contributed by atoms with Crippen molar-refractivity contribution in [3.05, 3.63) is 54.1 Å². The smallest absolute Gasteiger partial charge is 0.219 e. The van der Waals surface area contributed by atoms with E-state index in [1.807, 2.05) is 48.5 Å². The third-order valence-corrected chi connectivity index (χ3v) is 3.57. The first-order valence-corrected chi connectivity index (χ1v) is 6.89. The van der Waals surface area contributed by atoms with Crippen LogP contribution in [-0.4, -0.2) is 27.8 Å². The molecule has 1 heterocycles. The molecule has 0 fully saturated rings. The molecule has 0 aliphatic heterocycles. The van der Waals surface area contributed by atoms with Gasteiger partial charge >= 0.3 is 0 Å². The second-order valence-electron chi connectivity index (χ2n) is 5.17. The lowest BCUT2D eigenvalue weighted by Gasteiger charge is -2.14. The Kier molecular flexibility index (Phi) is 3.44. The largest absolute Gasteiger partial charge is 0.342 e. The van der Waals surface area contributed by atoms with Gasteiger partial charge in [0.2, 0.25) is 5.91 Å². The van der Waals surface area contributed by atoms with Crippen molar-refractivity contribution in [1.82, 2.24) is 14.9 Å². The van der Waals surface area contributed by atoms with Crippen molar-refractivity contribution < 1.29 is 4.79 Å². The second-order valence-corrected chi connectivity index (χ2v) is 5.17. The highest BCUT2D eigenvalue weighted by atomic mass is 16.2. The summed E-state index contributed by atoms with van der Waals surface area (Å²) in [5, 5.41) is 0. The van der Waals surface area contributed by atoms with E-state index >= 15 is 0 Å². The van der Waals surface area contributed by atoms with Gasteiger partial charge in [0.15, 0.2) is 0 Å². The summed E-state index contributed by atoms with van der Waals surface area (Å²) in [7, 11) is 1.80. The zero-order valence-corrected chi connectivity index (χ0v) is 12.1. The minimum Gasteiger partial charge on any atom is -0.342 e. The number of nitrogens with zero attached hydrogens (tertiary/aromatic N) is 2.